The van der Waals surface area contributed by atoms with Crippen LogP contribution in [0, 0.1) is 11.8 Å². The Labute approximate surface area is 84.8 Å². The number of hydrogen-bond acceptors (Lipinski definition) is 2. The van der Waals surface area contributed by atoms with E-state index in [9.17, 15) is 4.79 Å². The molecular weight excluding hydrogens is 180 g/mol. The summed E-state index contributed by atoms with van der Waals surface area (Å²) in [6.07, 6.45) is 5.73. The van der Waals surface area contributed by atoms with Crippen LogP contribution in [-0.4, -0.2) is 23.8 Å². The van der Waals surface area contributed by atoms with Crippen molar-refractivity contribution in [2.75, 3.05) is 6.61 Å². The van der Waals surface area contributed by atoms with Crippen molar-refractivity contribution in [1.82, 2.24) is 0 Å². The van der Waals surface area contributed by atoms with Gasteiger partial charge in [-0.25, -0.2) is 4.79 Å². The fraction of sp³-hybridized carbons (Fsp3) is 0.727. The van der Waals surface area contributed by atoms with E-state index < -0.39 is 12.1 Å². The molecule has 14 heavy (non-hydrogen) atoms. The molecule has 0 fully saturated rings. The topological polar surface area (TPSA) is 46.5 Å². The second kappa shape index (κ2) is 5.15. The molecule has 1 aliphatic rings. The van der Waals surface area contributed by atoms with Gasteiger partial charge in [0.15, 0.2) is 6.10 Å². The van der Waals surface area contributed by atoms with Gasteiger partial charge in [0, 0.05) is 0 Å². The minimum absolute atomic E-state index is 0.474. The number of allylic oxidation sites excluding steroid dienone is 2. The van der Waals surface area contributed by atoms with E-state index in [0.717, 1.165) is 12.8 Å². The summed E-state index contributed by atoms with van der Waals surface area (Å²) in [5, 5.41) is 8.64. The number of carboxylic acid groups (broad SMARTS) is 1. The number of carbonyl (C=O) groups is 1. The predicted molar refractivity (Wildman–Crippen MR) is 54.1 cm³/mol. The molecule has 0 aromatic rings. The van der Waals surface area contributed by atoms with Crippen LogP contribution in [0.15, 0.2) is 12.2 Å². The summed E-state index contributed by atoms with van der Waals surface area (Å²) < 4.78 is 5.28. The summed E-state index contributed by atoms with van der Waals surface area (Å²) in [5.41, 5.74) is 0. The van der Waals surface area contributed by atoms with Crippen LogP contribution in [0.4, 0.5) is 0 Å². The first kappa shape index (κ1) is 11.2. The molecule has 0 amide bonds. The molecule has 0 aromatic carbocycles. The Morgan fingerprint density at radius 2 is 2.21 bits per heavy atom. The Balaban J connectivity index is 2.30. The quantitative estimate of drug-likeness (QED) is 0.703. The van der Waals surface area contributed by atoms with Gasteiger partial charge < -0.3 is 9.84 Å². The van der Waals surface area contributed by atoms with Crippen molar-refractivity contribution in [3.63, 3.8) is 0 Å². The lowest BCUT2D eigenvalue weighted by Gasteiger charge is -2.25. The highest BCUT2D eigenvalue weighted by molar-refractivity contribution is 5.71. The SMILES string of the molecule is CC(OCC1CC=CCC1C)C(=O)O. The van der Waals surface area contributed by atoms with Crippen molar-refractivity contribution >= 4 is 5.97 Å². The van der Waals surface area contributed by atoms with E-state index in [0.29, 0.717) is 18.4 Å². The maximum absolute atomic E-state index is 10.5. The lowest BCUT2D eigenvalue weighted by atomic mass is 9.85. The minimum atomic E-state index is -0.885. The summed E-state index contributed by atoms with van der Waals surface area (Å²) in [6, 6.07) is 0. The van der Waals surface area contributed by atoms with Gasteiger partial charge in [0.2, 0.25) is 0 Å². The third-order valence-corrected chi connectivity index (χ3v) is 2.83. The maximum atomic E-state index is 10.5. The van der Waals surface area contributed by atoms with Gasteiger partial charge in [-0.2, -0.15) is 0 Å². The van der Waals surface area contributed by atoms with Crippen LogP contribution in [0.1, 0.15) is 26.7 Å². The Morgan fingerprint density at radius 1 is 1.57 bits per heavy atom. The summed E-state index contributed by atoms with van der Waals surface area (Å²) in [5.74, 6) is 0.187. The van der Waals surface area contributed by atoms with Crippen LogP contribution in [0.2, 0.25) is 0 Å². The fourth-order valence-corrected chi connectivity index (χ4v) is 1.58. The first-order valence-corrected chi connectivity index (χ1v) is 5.10. The lowest BCUT2D eigenvalue weighted by Crippen LogP contribution is -2.26. The highest BCUT2D eigenvalue weighted by Crippen LogP contribution is 2.25. The van der Waals surface area contributed by atoms with Gasteiger partial charge in [-0.05, 0) is 31.6 Å². The Kier molecular flexibility index (Phi) is 4.14. The van der Waals surface area contributed by atoms with Crippen molar-refractivity contribution in [2.24, 2.45) is 11.8 Å². The summed E-state index contributed by atoms with van der Waals surface area (Å²) in [4.78, 5) is 10.5. The molecule has 0 bridgehead atoms. The third-order valence-electron chi connectivity index (χ3n) is 2.83. The van der Waals surface area contributed by atoms with Gasteiger partial charge in [-0.1, -0.05) is 19.1 Å². The Bertz CT molecular complexity index is 223. The fourth-order valence-electron chi connectivity index (χ4n) is 1.58. The standard InChI is InChI=1S/C11H18O3/c1-8-5-3-4-6-10(8)7-14-9(2)11(12)13/h3-4,8-10H,5-7H2,1-2H3,(H,12,13). The molecule has 3 heteroatoms. The van der Waals surface area contributed by atoms with Gasteiger partial charge in [0.05, 0.1) is 6.61 Å². The van der Waals surface area contributed by atoms with Crippen LogP contribution >= 0.6 is 0 Å². The second-order valence-corrected chi connectivity index (χ2v) is 3.99. The van der Waals surface area contributed by atoms with Crippen molar-refractivity contribution in [2.45, 2.75) is 32.8 Å². The molecule has 1 N–H and O–H groups in total. The van der Waals surface area contributed by atoms with E-state index in [1.807, 2.05) is 0 Å². The summed E-state index contributed by atoms with van der Waals surface area (Å²) >= 11 is 0. The van der Waals surface area contributed by atoms with E-state index in [2.05, 4.69) is 19.1 Å². The van der Waals surface area contributed by atoms with Crippen molar-refractivity contribution in [3.8, 4) is 0 Å². The van der Waals surface area contributed by atoms with Gasteiger partial charge in [0.25, 0.3) is 0 Å². The predicted octanol–water partition coefficient (Wildman–Crippen LogP) is 2.08. The highest BCUT2D eigenvalue weighted by atomic mass is 16.5. The van der Waals surface area contributed by atoms with Crippen LogP contribution < -0.4 is 0 Å². The molecule has 0 aromatic heterocycles. The number of rotatable bonds is 4. The van der Waals surface area contributed by atoms with Crippen molar-refractivity contribution in [1.29, 1.82) is 0 Å². The van der Waals surface area contributed by atoms with E-state index >= 15 is 0 Å². The average Bonchev–Trinajstić information content (AvgIpc) is 2.16. The Hall–Kier alpha value is -0.830. The molecule has 0 aliphatic heterocycles. The molecule has 3 unspecified atom stereocenters. The molecule has 1 rings (SSSR count). The Morgan fingerprint density at radius 3 is 2.79 bits per heavy atom. The van der Waals surface area contributed by atoms with Gasteiger partial charge in [-0.15, -0.1) is 0 Å². The first-order chi connectivity index (χ1) is 6.61. The molecule has 0 radical (unpaired) electrons. The molecule has 3 nitrogen and oxygen atoms in total. The minimum Gasteiger partial charge on any atom is -0.479 e. The number of aliphatic carboxylic acids is 1. The normalized spacial score (nSPS) is 28.7. The largest absolute Gasteiger partial charge is 0.479 e. The molecule has 1 aliphatic carbocycles. The zero-order chi connectivity index (χ0) is 10.6. The monoisotopic (exact) mass is 198 g/mol. The summed E-state index contributed by atoms with van der Waals surface area (Å²) in [6.45, 7) is 4.31. The smallest absolute Gasteiger partial charge is 0.332 e. The molecule has 0 saturated carbocycles. The average molecular weight is 198 g/mol. The molecule has 3 atom stereocenters. The zero-order valence-corrected chi connectivity index (χ0v) is 8.77. The molecule has 0 spiro atoms. The summed E-state index contributed by atoms with van der Waals surface area (Å²) in [7, 11) is 0. The van der Waals surface area contributed by atoms with Gasteiger partial charge in [-0.3, -0.25) is 0 Å². The molecule has 0 heterocycles. The van der Waals surface area contributed by atoms with E-state index in [-0.39, 0.29) is 0 Å². The first-order valence-electron chi connectivity index (χ1n) is 5.10. The molecular formula is C11H18O3. The maximum Gasteiger partial charge on any atom is 0.332 e. The highest BCUT2D eigenvalue weighted by Gasteiger charge is 2.20. The van der Waals surface area contributed by atoms with Crippen LogP contribution in [0.3, 0.4) is 0 Å². The van der Waals surface area contributed by atoms with E-state index in [4.69, 9.17) is 9.84 Å². The van der Waals surface area contributed by atoms with E-state index in [1.165, 1.54) is 0 Å². The third kappa shape index (κ3) is 3.14. The number of hydrogen-bond donors (Lipinski definition) is 1. The lowest BCUT2D eigenvalue weighted by molar-refractivity contribution is -0.150. The second-order valence-electron chi connectivity index (χ2n) is 3.99. The van der Waals surface area contributed by atoms with E-state index in [1.54, 1.807) is 6.92 Å². The van der Waals surface area contributed by atoms with Gasteiger partial charge >= 0.3 is 5.97 Å². The van der Waals surface area contributed by atoms with Crippen molar-refractivity contribution < 1.29 is 14.6 Å². The van der Waals surface area contributed by atoms with Crippen LogP contribution in [0.5, 0.6) is 0 Å². The van der Waals surface area contributed by atoms with Crippen LogP contribution in [-0.2, 0) is 9.53 Å². The van der Waals surface area contributed by atoms with Crippen LogP contribution in [0.25, 0.3) is 0 Å². The molecule has 0 saturated heterocycles. The van der Waals surface area contributed by atoms with Gasteiger partial charge in [0.1, 0.15) is 0 Å². The number of carboxylic acids is 1. The molecule has 80 valence electrons. The zero-order valence-electron chi connectivity index (χ0n) is 8.77. The number of ether oxygens (including phenoxy) is 1. The van der Waals surface area contributed by atoms with Crippen molar-refractivity contribution in [3.05, 3.63) is 12.2 Å².